The lowest BCUT2D eigenvalue weighted by molar-refractivity contribution is 0.388. The maximum atomic E-state index is 10.9. The third kappa shape index (κ3) is 1.25. The summed E-state index contributed by atoms with van der Waals surface area (Å²) in [5, 5.41) is 9.60. The molecular formula is C10H9NO3. The van der Waals surface area contributed by atoms with E-state index in [-0.39, 0.29) is 5.63 Å². The zero-order valence-corrected chi connectivity index (χ0v) is 7.57. The number of rotatable bonds is 1. The second kappa shape index (κ2) is 3.16. The topological polar surface area (TPSA) is 62.5 Å². The first-order chi connectivity index (χ1) is 6.72. The van der Waals surface area contributed by atoms with Crippen LogP contribution in [-0.4, -0.2) is 5.21 Å². The van der Waals surface area contributed by atoms with Crippen LogP contribution in [0.4, 0.5) is 5.69 Å². The number of benzene rings is 1. The van der Waals surface area contributed by atoms with Gasteiger partial charge in [-0.15, -0.1) is 0 Å². The van der Waals surface area contributed by atoms with Crippen molar-refractivity contribution in [1.29, 1.82) is 0 Å². The predicted octanol–water partition coefficient (Wildman–Crippen LogP) is 1.90. The summed E-state index contributed by atoms with van der Waals surface area (Å²) < 4.78 is 4.98. The predicted molar refractivity (Wildman–Crippen MR) is 52.6 cm³/mol. The Hall–Kier alpha value is -1.81. The first kappa shape index (κ1) is 8.77. The zero-order valence-electron chi connectivity index (χ0n) is 7.57. The molecule has 1 heterocycles. The van der Waals surface area contributed by atoms with Gasteiger partial charge in [-0.1, -0.05) is 0 Å². The van der Waals surface area contributed by atoms with Gasteiger partial charge >= 0.3 is 5.63 Å². The van der Waals surface area contributed by atoms with Gasteiger partial charge in [-0.3, -0.25) is 10.7 Å². The number of aryl methyl sites for hydroxylation is 1. The molecular weight excluding hydrogens is 182 g/mol. The fourth-order valence-electron chi connectivity index (χ4n) is 1.41. The van der Waals surface area contributed by atoms with Crippen LogP contribution in [0.1, 0.15) is 5.56 Å². The van der Waals surface area contributed by atoms with E-state index in [1.807, 2.05) is 6.92 Å². The number of hydrogen-bond acceptors (Lipinski definition) is 4. The Bertz CT molecular complexity index is 530. The van der Waals surface area contributed by atoms with Gasteiger partial charge in [0.25, 0.3) is 0 Å². The first-order valence-corrected chi connectivity index (χ1v) is 4.16. The lowest BCUT2D eigenvalue weighted by Crippen LogP contribution is -1.97. The van der Waals surface area contributed by atoms with Gasteiger partial charge in [0.1, 0.15) is 5.58 Å². The molecule has 0 aliphatic rings. The molecule has 0 spiro atoms. The van der Waals surface area contributed by atoms with E-state index in [9.17, 15) is 4.79 Å². The SMILES string of the molecule is Cc1c(NO)ccc2oc(=O)ccc12. The minimum absolute atomic E-state index is 0.374. The molecule has 1 aromatic heterocycles. The van der Waals surface area contributed by atoms with Gasteiger partial charge in [0.2, 0.25) is 0 Å². The van der Waals surface area contributed by atoms with Crippen LogP contribution >= 0.6 is 0 Å². The van der Waals surface area contributed by atoms with E-state index >= 15 is 0 Å². The fourth-order valence-corrected chi connectivity index (χ4v) is 1.41. The third-order valence-corrected chi connectivity index (χ3v) is 2.19. The standard InChI is InChI=1S/C10H9NO3/c1-6-7-2-5-10(12)14-9(7)4-3-8(6)11-13/h2-5,11,13H,1H3. The maximum Gasteiger partial charge on any atom is 0.336 e. The molecule has 1 aromatic carbocycles. The summed E-state index contributed by atoms with van der Waals surface area (Å²) >= 11 is 0. The Morgan fingerprint density at radius 1 is 1.29 bits per heavy atom. The number of hydrogen-bond donors (Lipinski definition) is 2. The maximum absolute atomic E-state index is 10.9. The molecule has 0 saturated carbocycles. The fraction of sp³-hybridized carbons (Fsp3) is 0.100. The Balaban J connectivity index is 2.84. The molecule has 4 heteroatoms. The minimum atomic E-state index is -0.374. The van der Waals surface area contributed by atoms with Crippen molar-refractivity contribution in [3.8, 4) is 0 Å². The quantitative estimate of drug-likeness (QED) is 0.533. The lowest BCUT2D eigenvalue weighted by Gasteiger charge is -2.05. The molecule has 0 saturated heterocycles. The molecule has 0 radical (unpaired) electrons. The Morgan fingerprint density at radius 3 is 2.79 bits per heavy atom. The van der Waals surface area contributed by atoms with Crippen molar-refractivity contribution < 1.29 is 9.62 Å². The van der Waals surface area contributed by atoms with Crippen molar-refractivity contribution in [3.63, 3.8) is 0 Å². The van der Waals surface area contributed by atoms with E-state index in [4.69, 9.17) is 9.62 Å². The highest BCUT2D eigenvalue weighted by Crippen LogP contribution is 2.23. The highest BCUT2D eigenvalue weighted by atomic mass is 16.5. The summed E-state index contributed by atoms with van der Waals surface area (Å²) in [5.41, 5.74) is 3.68. The van der Waals surface area contributed by atoms with Crippen molar-refractivity contribution in [2.24, 2.45) is 0 Å². The average Bonchev–Trinajstić information content (AvgIpc) is 2.18. The van der Waals surface area contributed by atoms with Crippen LogP contribution < -0.4 is 11.1 Å². The average molecular weight is 191 g/mol. The van der Waals surface area contributed by atoms with Gasteiger partial charge < -0.3 is 4.42 Å². The van der Waals surface area contributed by atoms with Crippen LogP contribution in [-0.2, 0) is 0 Å². The van der Waals surface area contributed by atoms with Crippen molar-refractivity contribution >= 4 is 16.7 Å². The van der Waals surface area contributed by atoms with E-state index in [0.717, 1.165) is 10.9 Å². The van der Waals surface area contributed by atoms with Gasteiger partial charge in [0.05, 0.1) is 5.69 Å². The summed E-state index contributed by atoms with van der Waals surface area (Å²) in [4.78, 5) is 10.9. The molecule has 0 atom stereocenters. The summed E-state index contributed by atoms with van der Waals surface area (Å²) in [6.45, 7) is 1.83. The number of anilines is 1. The molecule has 0 unspecified atom stereocenters. The van der Waals surface area contributed by atoms with E-state index < -0.39 is 0 Å². The van der Waals surface area contributed by atoms with Gasteiger partial charge in [-0.2, -0.15) is 0 Å². The summed E-state index contributed by atoms with van der Waals surface area (Å²) in [7, 11) is 0. The molecule has 72 valence electrons. The molecule has 2 N–H and O–H groups in total. The van der Waals surface area contributed by atoms with Crippen LogP contribution in [0.25, 0.3) is 11.0 Å². The number of fused-ring (bicyclic) bond motifs is 1. The lowest BCUT2D eigenvalue weighted by atomic mass is 10.1. The molecule has 2 rings (SSSR count). The first-order valence-electron chi connectivity index (χ1n) is 4.16. The molecule has 4 nitrogen and oxygen atoms in total. The summed E-state index contributed by atoms with van der Waals surface area (Å²) in [5.74, 6) is 0. The Labute approximate surface area is 79.7 Å². The third-order valence-electron chi connectivity index (χ3n) is 2.19. The number of nitrogens with one attached hydrogen (secondary N) is 1. The zero-order chi connectivity index (χ0) is 10.1. The van der Waals surface area contributed by atoms with Gasteiger partial charge in [-0.05, 0) is 30.7 Å². The van der Waals surface area contributed by atoms with Gasteiger partial charge in [0.15, 0.2) is 0 Å². The van der Waals surface area contributed by atoms with Crippen LogP contribution in [0.3, 0.4) is 0 Å². The molecule has 0 fully saturated rings. The molecule has 0 amide bonds. The minimum Gasteiger partial charge on any atom is -0.423 e. The molecule has 0 bridgehead atoms. The van der Waals surface area contributed by atoms with E-state index in [1.54, 1.807) is 18.2 Å². The molecule has 0 aliphatic carbocycles. The van der Waals surface area contributed by atoms with Crippen molar-refractivity contribution in [2.75, 3.05) is 5.48 Å². The normalized spacial score (nSPS) is 10.4. The van der Waals surface area contributed by atoms with Crippen molar-refractivity contribution in [2.45, 2.75) is 6.92 Å². The highest BCUT2D eigenvalue weighted by molar-refractivity contribution is 5.85. The molecule has 14 heavy (non-hydrogen) atoms. The summed E-state index contributed by atoms with van der Waals surface area (Å²) in [6, 6.07) is 6.33. The Kier molecular flexibility index (Phi) is 1.98. The van der Waals surface area contributed by atoms with Crippen LogP contribution in [0.5, 0.6) is 0 Å². The van der Waals surface area contributed by atoms with E-state index in [0.29, 0.717) is 11.3 Å². The highest BCUT2D eigenvalue weighted by Gasteiger charge is 2.04. The second-order valence-electron chi connectivity index (χ2n) is 3.02. The van der Waals surface area contributed by atoms with Gasteiger partial charge in [0, 0.05) is 11.5 Å². The van der Waals surface area contributed by atoms with E-state index in [1.165, 1.54) is 6.07 Å². The summed E-state index contributed by atoms with van der Waals surface area (Å²) in [6.07, 6.45) is 0. The van der Waals surface area contributed by atoms with Gasteiger partial charge in [-0.25, -0.2) is 4.79 Å². The van der Waals surface area contributed by atoms with Crippen molar-refractivity contribution in [1.82, 2.24) is 0 Å². The van der Waals surface area contributed by atoms with Crippen LogP contribution in [0.2, 0.25) is 0 Å². The monoisotopic (exact) mass is 191 g/mol. The largest absolute Gasteiger partial charge is 0.423 e. The van der Waals surface area contributed by atoms with Crippen LogP contribution in [0, 0.1) is 6.92 Å². The molecule has 0 aliphatic heterocycles. The smallest absolute Gasteiger partial charge is 0.336 e. The second-order valence-corrected chi connectivity index (χ2v) is 3.02. The van der Waals surface area contributed by atoms with E-state index in [2.05, 4.69) is 5.48 Å². The Morgan fingerprint density at radius 2 is 2.07 bits per heavy atom. The van der Waals surface area contributed by atoms with Crippen LogP contribution in [0.15, 0.2) is 33.5 Å². The van der Waals surface area contributed by atoms with Crippen molar-refractivity contribution in [3.05, 3.63) is 40.2 Å². The molecule has 2 aromatic rings.